The van der Waals surface area contributed by atoms with Crippen molar-refractivity contribution >= 4 is 28.9 Å². The predicted molar refractivity (Wildman–Crippen MR) is 118 cm³/mol. The summed E-state index contributed by atoms with van der Waals surface area (Å²) in [6.07, 6.45) is 2.17. The van der Waals surface area contributed by atoms with E-state index in [4.69, 9.17) is 4.74 Å². The number of rotatable bonds is 9. The second-order valence-electron chi connectivity index (χ2n) is 7.57. The van der Waals surface area contributed by atoms with E-state index in [1.807, 2.05) is 53.1 Å². The Morgan fingerprint density at radius 2 is 1.91 bits per heavy atom. The second kappa shape index (κ2) is 9.51. The predicted octanol–water partition coefficient (Wildman–Crippen LogP) is 1.71. The van der Waals surface area contributed by atoms with E-state index in [2.05, 4.69) is 15.6 Å². The number of para-hydroxylation sites is 2. The largest absolute Gasteiger partial charge is 0.497 e. The van der Waals surface area contributed by atoms with Gasteiger partial charge in [-0.2, -0.15) is 0 Å². The minimum absolute atomic E-state index is 0.0890. The van der Waals surface area contributed by atoms with Gasteiger partial charge in [0.05, 0.1) is 30.9 Å². The minimum atomic E-state index is -0.840. The molecule has 0 saturated carbocycles. The molecule has 2 N–H and O–H groups in total. The summed E-state index contributed by atoms with van der Waals surface area (Å²) in [6, 6.07) is 13.9. The van der Waals surface area contributed by atoms with Crippen molar-refractivity contribution < 1.29 is 19.1 Å². The van der Waals surface area contributed by atoms with E-state index in [9.17, 15) is 14.4 Å². The van der Waals surface area contributed by atoms with Gasteiger partial charge in [-0.25, -0.2) is 9.78 Å². The number of ether oxygens (including phenoxy) is 1. The molecule has 1 aliphatic rings. The molecule has 4 amide bonds. The van der Waals surface area contributed by atoms with Gasteiger partial charge in [-0.1, -0.05) is 24.3 Å². The van der Waals surface area contributed by atoms with Gasteiger partial charge in [0.25, 0.3) is 5.91 Å². The van der Waals surface area contributed by atoms with Gasteiger partial charge in [0.1, 0.15) is 11.8 Å². The van der Waals surface area contributed by atoms with Crippen molar-refractivity contribution in [2.45, 2.75) is 25.4 Å². The summed E-state index contributed by atoms with van der Waals surface area (Å²) in [4.78, 5) is 42.6. The van der Waals surface area contributed by atoms with E-state index in [-0.39, 0.29) is 24.8 Å². The molecule has 3 aromatic rings. The highest BCUT2D eigenvalue weighted by Gasteiger charge is 2.38. The van der Waals surface area contributed by atoms with Gasteiger partial charge in [0, 0.05) is 19.6 Å². The van der Waals surface area contributed by atoms with Crippen LogP contribution in [0.15, 0.2) is 54.9 Å². The molecule has 9 heteroatoms. The molecule has 1 aromatic heterocycles. The Hall–Kier alpha value is -3.88. The lowest BCUT2D eigenvalue weighted by molar-refractivity contribution is -0.130. The maximum absolute atomic E-state index is 12.6. The summed E-state index contributed by atoms with van der Waals surface area (Å²) in [7, 11) is 1.60. The van der Waals surface area contributed by atoms with Crippen LogP contribution in [-0.4, -0.2) is 58.5 Å². The number of imidazole rings is 1. The van der Waals surface area contributed by atoms with Crippen molar-refractivity contribution in [2.75, 3.05) is 20.2 Å². The van der Waals surface area contributed by atoms with Crippen LogP contribution in [0.3, 0.4) is 0 Å². The van der Waals surface area contributed by atoms with Crippen LogP contribution in [0.2, 0.25) is 0 Å². The minimum Gasteiger partial charge on any atom is -0.497 e. The van der Waals surface area contributed by atoms with Crippen LogP contribution >= 0.6 is 0 Å². The Balaban J connectivity index is 1.24. The third-order valence-electron chi connectivity index (χ3n) is 5.48. The number of amides is 4. The number of carbonyl (C=O) groups excluding carboxylic acids is 3. The SMILES string of the molecule is COc1ccc(CCN2C(=O)N[C@H](CC(=O)NCCn3cnc4ccccc43)C2=O)cc1. The average molecular weight is 435 g/mol. The highest BCUT2D eigenvalue weighted by molar-refractivity contribution is 6.05. The molecule has 1 aliphatic heterocycles. The summed E-state index contributed by atoms with van der Waals surface area (Å²) >= 11 is 0. The Morgan fingerprint density at radius 1 is 1.12 bits per heavy atom. The van der Waals surface area contributed by atoms with E-state index < -0.39 is 12.1 Å². The maximum Gasteiger partial charge on any atom is 0.324 e. The molecule has 0 bridgehead atoms. The molecule has 166 valence electrons. The topological polar surface area (TPSA) is 106 Å². The maximum atomic E-state index is 12.6. The molecule has 2 aromatic carbocycles. The number of hydrogen-bond acceptors (Lipinski definition) is 5. The first-order chi connectivity index (χ1) is 15.5. The van der Waals surface area contributed by atoms with Crippen molar-refractivity contribution in [3.8, 4) is 5.75 Å². The van der Waals surface area contributed by atoms with Gasteiger partial charge in [0.2, 0.25) is 5.91 Å². The first-order valence-electron chi connectivity index (χ1n) is 10.5. The number of hydrogen-bond donors (Lipinski definition) is 2. The van der Waals surface area contributed by atoms with E-state index in [0.29, 0.717) is 19.5 Å². The van der Waals surface area contributed by atoms with Gasteiger partial charge in [0.15, 0.2) is 0 Å². The molecule has 4 rings (SSSR count). The Morgan fingerprint density at radius 3 is 2.69 bits per heavy atom. The molecule has 0 spiro atoms. The molecule has 9 nitrogen and oxygen atoms in total. The van der Waals surface area contributed by atoms with Crippen LogP contribution in [0, 0.1) is 0 Å². The molecule has 32 heavy (non-hydrogen) atoms. The molecule has 0 radical (unpaired) electrons. The summed E-state index contributed by atoms with van der Waals surface area (Å²) < 4.78 is 7.09. The third kappa shape index (κ3) is 4.72. The molecule has 0 unspecified atom stereocenters. The Kier molecular flexibility index (Phi) is 6.34. The number of methoxy groups -OCH3 is 1. The highest BCUT2D eigenvalue weighted by atomic mass is 16.5. The number of fused-ring (bicyclic) bond motifs is 1. The van der Waals surface area contributed by atoms with Crippen LogP contribution < -0.4 is 15.4 Å². The molecule has 1 saturated heterocycles. The number of imide groups is 1. The van der Waals surface area contributed by atoms with Crippen LogP contribution in [-0.2, 0) is 22.6 Å². The molecule has 1 fully saturated rings. The zero-order valence-electron chi connectivity index (χ0n) is 17.8. The first kappa shape index (κ1) is 21.4. The fourth-order valence-electron chi connectivity index (χ4n) is 3.72. The Labute approximate surface area is 185 Å². The van der Waals surface area contributed by atoms with Crippen LogP contribution in [0.5, 0.6) is 5.75 Å². The standard InChI is InChI=1S/C23H25N5O4/c1-32-17-8-6-16(7-9-17)10-12-28-22(30)19(26-23(28)31)14-21(29)24-11-13-27-15-25-18-4-2-3-5-20(18)27/h2-9,15,19H,10-14H2,1H3,(H,24,29)(H,26,31)/t19-/m1/s1. The third-order valence-corrected chi connectivity index (χ3v) is 5.48. The average Bonchev–Trinajstić information content (AvgIpc) is 3.33. The normalized spacial score (nSPS) is 15.8. The fourth-order valence-corrected chi connectivity index (χ4v) is 3.72. The molecular weight excluding hydrogens is 410 g/mol. The van der Waals surface area contributed by atoms with Crippen molar-refractivity contribution in [1.82, 2.24) is 25.1 Å². The fraction of sp³-hybridized carbons (Fsp3) is 0.304. The van der Waals surface area contributed by atoms with E-state index in [1.165, 1.54) is 4.90 Å². The van der Waals surface area contributed by atoms with Gasteiger partial charge in [-0.3, -0.25) is 14.5 Å². The lowest BCUT2D eigenvalue weighted by Crippen LogP contribution is -2.37. The van der Waals surface area contributed by atoms with Crippen molar-refractivity contribution in [2.24, 2.45) is 0 Å². The molecule has 2 heterocycles. The van der Waals surface area contributed by atoms with E-state index in [1.54, 1.807) is 13.4 Å². The lowest BCUT2D eigenvalue weighted by atomic mass is 10.1. The van der Waals surface area contributed by atoms with Crippen molar-refractivity contribution in [3.63, 3.8) is 0 Å². The van der Waals surface area contributed by atoms with E-state index in [0.717, 1.165) is 22.3 Å². The van der Waals surface area contributed by atoms with Crippen molar-refractivity contribution in [3.05, 3.63) is 60.4 Å². The first-order valence-corrected chi connectivity index (χ1v) is 10.5. The quantitative estimate of drug-likeness (QED) is 0.498. The van der Waals surface area contributed by atoms with Crippen LogP contribution in [0.4, 0.5) is 4.79 Å². The Bertz CT molecular complexity index is 1120. The zero-order chi connectivity index (χ0) is 22.5. The van der Waals surface area contributed by atoms with Gasteiger partial charge >= 0.3 is 6.03 Å². The number of nitrogens with one attached hydrogen (secondary N) is 2. The summed E-state index contributed by atoms with van der Waals surface area (Å²) in [5, 5.41) is 5.42. The van der Waals surface area contributed by atoms with Gasteiger partial charge in [-0.05, 0) is 36.2 Å². The summed E-state index contributed by atoms with van der Waals surface area (Å²) in [6.45, 7) is 1.21. The number of nitrogens with zero attached hydrogens (tertiary/aromatic N) is 3. The number of carbonyl (C=O) groups is 3. The number of urea groups is 1. The zero-order valence-corrected chi connectivity index (χ0v) is 17.8. The van der Waals surface area contributed by atoms with Crippen LogP contribution in [0.25, 0.3) is 11.0 Å². The number of aromatic nitrogens is 2. The summed E-state index contributed by atoms with van der Waals surface area (Å²) in [5.74, 6) is 0.0837. The summed E-state index contributed by atoms with van der Waals surface area (Å²) in [5.41, 5.74) is 2.87. The highest BCUT2D eigenvalue weighted by Crippen LogP contribution is 2.15. The molecular formula is C23H25N5O4. The second-order valence-corrected chi connectivity index (χ2v) is 7.57. The number of benzene rings is 2. The van der Waals surface area contributed by atoms with Crippen LogP contribution in [0.1, 0.15) is 12.0 Å². The molecule has 1 atom stereocenters. The van der Waals surface area contributed by atoms with Crippen molar-refractivity contribution in [1.29, 1.82) is 0 Å². The van der Waals surface area contributed by atoms with Gasteiger partial charge < -0.3 is 19.9 Å². The molecule has 0 aliphatic carbocycles. The smallest absolute Gasteiger partial charge is 0.324 e. The monoisotopic (exact) mass is 435 g/mol. The lowest BCUT2D eigenvalue weighted by Gasteiger charge is -2.13. The van der Waals surface area contributed by atoms with Gasteiger partial charge in [-0.15, -0.1) is 0 Å². The van der Waals surface area contributed by atoms with E-state index >= 15 is 0 Å².